The van der Waals surface area contributed by atoms with E-state index in [0.29, 0.717) is 6.54 Å². The Morgan fingerprint density at radius 3 is 2.60 bits per heavy atom. The molecule has 0 aromatic rings. The zero-order valence-electron chi connectivity index (χ0n) is 6.32. The van der Waals surface area contributed by atoms with Gasteiger partial charge in [0.25, 0.3) is 0 Å². The number of hydrogen-bond donors (Lipinski definition) is 1. The maximum Gasteiger partial charge on any atom is 0.397 e. The summed E-state index contributed by atoms with van der Waals surface area (Å²) < 4.78 is 11.5. The third kappa shape index (κ3) is 7.40. The fraction of sp³-hybridized carbons (Fsp3) is 0.857. The number of nitrogens with one attached hydrogen (secondary N) is 1. The average molecular weight is 147 g/mol. The van der Waals surface area contributed by atoms with Crippen LogP contribution in [0.25, 0.3) is 0 Å². The zero-order chi connectivity index (χ0) is 7.82. The molecule has 0 saturated carbocycles. The van der Waals surface area contributed by atoms with Crippen LogP contribution in [0.1, 0.15) is 32.6 Å². The number of hydrogen-bond acceptors (Lipinski definition) is 1. The van der Waals surface area contributed by atoms with Crippen molar-refractivity contribution in [3.63, 3.8) is 0 Å². The Morgan fingerprint density at radius 2 is 2.10 bits per heavy atom. The molecule has 1 N–H and O–H groups in total. The fourth-order valence-electron chi connectivity index (χ4n) is 0.738. The normalized spacial score (nSPS) is 9.40. The Hall–Kier alpha value is -0.600. The van der Waals surface area contributed by atoms with E-state index in [1.807, 2.05) is 0 Å². The van der Waals surface area contributed by atoms with Gasteiger partial charge in [-0.25, -0.2) is 4.79 Å². The zero-order valence-corrected chi connectivity index (χ0v) is 6.32. The summed E-state index contributed by atoms with van der Waals surface area (Å²) >= 11 is 0. The Labute approximate surface area is 60.8 Å². The molecule has 0 fully saturated rings. The molecule has 0 heterocycles. The first-order valence-electron chi connectivity index (χ1n) is 3.70. The smallest absolute Gasteiger partial charge is 0.328 e. The van der Waals surface area contributed by atoms with Crippen molar-refractivity contribution >= 4 is 6.16 Å². The maximum absolute atomic E-state index is 11.5. The van der Waals surface area contributed by atoms with Crippen LogP contribution in [-0.4, -0.2) is 12.7 Å². The molecule has 0 aromatic carbocycles. The highest BCUT2D eigenvalue weighted by molar-refractivity contribution is 5.65. The van der Waals surface area contributed by atoms with Crippen LogP contribution in [0.15, 0.2) is 0 Å². The van der Waals surface area contributed by atoms with Gasteiger partial charge < -0.3 is 5.32 Å². The number of carbonyl (C=O) groups is 1. The average Bonchev–Trinajstić information content (AvgIpc) is 1.87. The van der Waals surface area contributed by atoms with E-state index in [1.54, 1.807) is 0 Å². The highest BCUT2D eigenvalue weighted by atomic mass is 19.1. The number of carbonyl (C=O) groups excluding carboxylic acids is 1. The van der Waals surface area contributed by atoms with Crippen LogP contribution in [0, 0.1) is 0 Å². The highest BCUT2D eigenvalue weighted by Crippen LogP contribution is 1.96. The van der Waals surface area contributed by atoms with Gasteiger partial charge in [0.1, 0.15) is 0 Å². The van der Waals surface area contributed by atoms with E-state index < -0.39 is 6.16 Å². The summed E-state index contributed by atoms with van der Waals surface area (Å²) in [5, 5.41) is 2.10. The van der Waals surface area contributed by atoms with Gasteiger partial charge in [0.05, 0.1) is 0 Å². The van der Waals surface area contributed by atoms with Crippen molar-refractivity contribution in [3.05, 3.63) is 0 Å². The third-order valence-corrected chi connectivity index (χ3v) is 1.29. The molecule has 0 aliphatic rings. The number of halogens is 1. The molecule has 10 heavy (non-hydrogen) atoms. The molecule has 60 valence electrons. The number of rotatable bonds is 5. The van der Waals surface area contributed by atoms with Crippen molar-refractivity contribution in [1.29, 1.82) is 0 Å². The first kappa shape index (κ1) is 9.40. The summed E-state index contributed by atoms with van der Waals surface area (Å²) in [5.41, 5.74) is 0. The van der Waals surface area contributed by atoms with Crippen LogP contribution >= 0.6 is 0 Å². The van der Waals surface area contributed by atoms with Crippen LogP contribution in [-0.2, 0) is 0 Å². The van der Waals surface area contributed by atoms with Crippen molar-refractivity contribution in [3.8, 4) is 0 Å². The molecule has 2 nitrogen and oxygen atoms in total. The Kier molecular flexibility index (Phi) is 6.13. The van der Waals surface area contributed by atoms with Gasteiger partial charge in [-0.05, 0) is 6.42 Å². The van der Waals surface area contributed by atoms with Gasteiger partial charge in [0.2, 0.25) is 0 Å². The number of unbranched alkanes of at least 4 members (excludes halogenated alkanes) is 3. The monoisotopic (exact) mass is 147 g/mol. The van der Waals surface area contributed by atoms with Crippen molar-refractivity contribution in [2.45, 2.75) is 32.6 Å². The van der Waals surface area contributed by atoms with Crippen LogP contribution in [0.5, 0.6) is 0 Å². The van der Waals surface area contributed by atoms with Crippen LogP contribution in [0.3, 0.4) is 0 Å². The molecular weight excluding hydrogens is 133 g/mol. The van der Waals surface area contributed by atoms with Crippen molar-refractivity contribution < 1.29 is 9.18 Å². The molecule has 0 atom stereocenters. The van der Waals surface area contributed by atoms with Gasteiger partial charge in [0, 0.05) is 6.54 Å². The minimum atomic E-state index is -1.42. The highest BCUT2D eigenvalue weighted by Gasteiger charge is 1.92. The van der Waals surface area contributed by atoms with Gasteiger partial charge in [-0.3, -0.25) is 0 Å². The molecule has 0 saturated heterocycles. The van der Waals surface area contributed by atoms with E-state index in [9.17, 15) is 9.18 Å². The molecule has 0 aromatic heterocycles. The molecule has 0 aliphatic carbocycles. The second kappa shape index (κ2) is 6.52. The summed E-state index contributed by atoms with van der Waals surface area (Å²) in [6.07, 6.45) is 2.84. The predicted octanol–water partition coefficient (Wildman–Crippen LogP) is 2.25. The van der Waals surface area contributed by atoms with E-state index in [2.05, 4.69) is 12.2 Å². The second-order valence-electron chi connectivity index (χ2n) is 2.26. The molecule has 3 heteroatoms. The lowest BCUT2D eigenvalue weighted by molar-refractivity contribution is 0.221. The summed E-state index contributed by atoms with van der Waals surface area (Å²) in [6.45, 7) is 2.57. The molecule has 0 bridgehead atoms. The molecule has 0 rings (SSSR count). The quantitative estimate of drug-likeness (QED) is 0.360. The van der Waals surface area contributed by atoms with Gasteiger partial charge in [-0.1, -0.05) is 26.2 Å². The molecule has 0 aliphatic heterocycles. The number of amides is 1. The lowest BCUT2D eigenvalue weighted by atomic mass is 10.2. The van der Waals surface area contributed by atoms with Gasteiger partial charge in [-0.15, -0.1) is 4.39 Å². The topological polar surface area (TPSA) is 29.1 Å². The lowest BCUT2D eigenvalue weighted by Crippen LogP contribution is -2.18. The maximum atomic E-state index is 11.5. The van der Waals surface area contributed by atoms with Gasteiger partial charge >= 0.3 is 6.16 Å². The van der Waals surface area contributed by atoms with Crippen LogP contribution in [0.4, 0.5) is 9.18 Å². The van der Waals surface area contributed by atoms with Crippen molar-refractivity contribution in [2.24, 2.45) is 0 Å². The summed E-state index contributed by atoms with van der Waals surface area (Å²) in [6, 6.07) is 0. The van der Waals surface area contributed by atoms with E-state index in [0.717, 1.165) is 25.7 Å². The van der Waals surface area contributed by atoms with E-state index in [1.165, 1.54) is 0 Å². The third-order valence-electron chi connectivity index (χ3n) is 1.29. The van der Waals surface area contributed by atoms with E-state index in [-0.39, 0.29) is 0 Å². The first-order chi connectivity index (χ1) is 4.77. The second-order valence-corrected chi connectivity index (χ2v) is 2.26. The van der Waals surface area contributed by atoms with Crippen molar-refractivity contribution in [1.82, 2.24) is 5.32 Å². The molecule has 1 amide bonds. The molecule has 0 unspecified atom stereocenters. The summed E-state index contributed by atoms with van der Waals surface area (Å²) in [4.78, 5) is 9.70. The Morgan fingerprint density at radius 1 is 1.40 bits per heavy atom. The van der Waals surface area contributed by atoms with E-state index >= 15 is 0 Å². The molecule has 0 spiro atoms. The van der Waals surface area contributed by atoms with Crippen molar-refractivity contribution in [2.75, 3.05) is 6.54 Å². The fourth-order valence-corrected chi connectivity index (χ4v) is 0.738. The Balaban J connectivity index is 2.84. The van der Waals surface area contributed by atoms with Crippen LogP contribution < -0.4 is 5.32 Å². The minimum Gasteiger partial charge on any atom is -0.328 e. The van der Waals surface area contributed by atoms with Crippen LogP contribution in [0.2, 0.25) is 0 Å². The Bertz CT molecular complexity index is 95.6. The molecular formula is C7H14FNO. The predicted molar refractivity (Wildman–Crippen MR) is 38.6 cm³/mol. The summed E-state index contributed by atoms with van der Waals surface area (Å²) in [7, 11) is 0. The van der Waals surface area contributed by atoms with Gasteiger partial charge in [-0.2, -0.15) is 0 Å². The SMILES string of the molecule is CCCCCCNC(=O)F. The first-order valence-corrected chi connectivity index (χ1v) is 3.70. The summed E-state index contributed by atoms with van der Waals surface area (Å²) in [5.74, 6) is 0. The largest absolute Gasteiger partial charge is 0.397 e. The standard InChI is InChI=1S/C7H14FNO/c1-2-3-4-5-6-9-7(8)10/h2-6H2,1H3,(H,9,10). The molecule has 0 radical (unpaired) electrons. The minimum absolute atomic E-state index is 0.468. The lowest BCUT2D eigenvalue weighted by Gasteiger charge is -1.97. The van der Waals surface area contributed by atoms with E-state index in [4.69, 9.17) is 0 Å². The van der Waals surface area contributed by atoms with Gasteiger partial charge in [0.15, 0.2) is 0 Å².